The summed E-state index contributed by atoms with van der Waals surface area (Å²) in [7, 11) is 0. The monoisotopic (exact) mass is 471 g/mol. The second-order valence-corrected chi connectivity index (χ2v) is 9.30. The number of hydrogen-bond donors (Lipinski definition) is 2. The van der Waals surface area contributed by atoms with E-state index < -0.39 is 17.7 Å². The van der Waals surface area contributed by atoms with Crippen LogP contribution in [0, 0.1) is 19.8 Å². The van der Waals surface area contributed by atoms with Crippen LogP contribution in [0.5, 0.6) is 11.5 Å². The number of amides is 1. The fourth-order valence-corrected chi connectivity index (χ4v) is 4.19. The van der Waals surface area contributed by atoms with Gasteiger partial charge in [-0.25, -0.2) is 0 Å². The number of aryl methyl sites for hydroxylation is 2. The molecular formula is C29H29NO5. The largest absolute Gasteiger partial charge is 0.507 e. The van der Waals surface area contributed by atoms with Crippen LogP contribution in [0.1, 0.15) is 42.1 Å². The number of aliphatic hydroxyl groups excluding tert-OH is 1. The molecule has 1 atom stereocenters. The smallest absolute Gasteiger partial charge is 0.300 e. The van der Waals surface area contributed by atoms with Crippen molar-refractivity contribution < 1.29 is 24.5 Å². The first-order valence-corrected chi connectivity index (χ1v) is 11.6. The number of nitrogens with zero attached hydrogens (tertiary/aromatic N) is 1. The van der Waals surface area contributed by atoms with Gasteiger partial charge in [0.05, 0.1) is 23.9 Å². The lowest BCUT2D eigenvalue weighted by Gasteiger charge is -2.26. The van der Waals surface area contributed by atoms with Crippen molar-refractivity contribution in [3.63, 3.8) is 0 Å². The molecule has 1 aliphatic heterocycles. The summed E-state index contributed by atoms with van der Waals surface area (Å²) >= 11 is 0. The molecule has 0 bridgehead atoms. The summed E-state index contributed by atoms with van der Waals surface area (Å²) in [6.45, 7) is 8.41. The number of phenolic OH excluding ortho intramolecular Hbond substituents is 1. The highest BCUT2D eigenvalue weighted by atomic mass is 16.5. The van der Waals surface area contributed by atoms with Crippen molar-refractivity contribution in [2.45, 2.75) is 33.7 Å². The summed E-state index contributed by atoms with van der Waals surface area (Å²) in [6, 6.07) is 18.2. The topological polar surface area (TPSA) is 87.1 Å². The summed E-state index contributed by atoms with van der Waals surface area (Å²) in [6.07, 6.45) is 0. The van der Waals surface area contributed by atoms with Crippen molar-refractivity contribution in [1.82, 2.24) is 0 Å². The van der Waals surface area contributed by atoms with E-state index in [0.717, 1.165) is 11.1 Å². The molecule has 2 N–H and O–H groups in total. The number of anilines is 1. The summed E-state index contributed by atoms with van der Waals surface area (Å²) in [5.74, 6) is -1.00. The molecular weight excluding hydrogens is 442 g/mol. The number of ketones is 1. The number of aliphatic hydroxyl groups is 1. The molecule has 1 amide bonds. The minimum Gasteiger partial charge on any atom is -0.507 e. The standard InChI is InChI=1S/C29H29NO5/c1-17(2)16-35-22-11-9-20(10-12-22)27(32)25-26(21-7-5-6-18(3)14-21)30(29(34)28(25)33)23-15-19(4)8-13-24(23)31/h5-15,17,26,31-32H,16H2,1-4H3/b27-25+. The third kappa shape index (κ3) is 4.78. The first-order chi connectivity index (χ1) is 16.7. The van der Waals surface area contributed by atoms with Gasteiger partial charge in [-0.3, -0.25) is 14.5 Å². The van der Waals surface area contributed by atoms with Crippen LogP contribution in [0.15, 0.2) is 72.3 Å². The Labute approximate surface area is 205 Å². The normalized spacial score (nSPS) is 17.3. The predicted molar refractivity (Wildman–Crippen MR) is 136 cm³/mol. The maximum absolute atomic E-state index is 13.3. The molecule has 1 unspecified atom stereocenters. The fourth-order valence-electron chi connectivity index (χ4n) is 4.19. The zero-order valence-electron chi connectivity index (χ0n) is 20.3. The van der Waals surface area contributed by atoms with Gasteiger partial charge in [-0.2, -0.15) is 0 Å². The number of Topliss-reactive ketones (excluding diaryl/α,β-unsaturated/α-hetero) is 1. The number of ether oxygens (including phenoxy) is 1. The fraction of sp³-hybridized carbons (Fsp3) is 0.241. The van der Waals surface area contributed by atoms with E-state index in [1.807, 2.05) is 32.0 Å². The van der Waals surface area contributed by atoms with Crippen LogP contribution in [0.3, 0.4) is 0 Å². The van der Waals surface area contributed by atoms with E-state index in [-0.39, 0.29) is 22.8 Å². The molecule has 1 aliphatic rings. The summed E-state index contributed by atoms with van der Waals surface area (Å²) in [5.41, 5.74) is 3.00. The molecule has 1 heterocycles. The molecule has 1 saturated heterocycles. The van der Waals surface area contributed by atoms with E-state index >= 15 is 0 Å². The minimum absolute atomic E-state index is 0.0302. The van der Waals surface area contributed by atoms with Crippen molar-refractivity contribution >= 4 is 23.1 Å². The van der Waals surface area contributed by atoms with Crippen LogP contribution in [0.4, 0.5) is 5.69 Å². The SMILES string of the molecule is Cc1cccc(C2/C(=C(\O)c3ccc(OCC(C)C)cc3)C(=O)C(=O)N2c2cc(C)ccc2O)c1. The molecule has 0 saturated carbocycles. The van der Waals surface area contributed by atoms with Gasteiger partial charge in [-0.15, -0.1) is 0 Å². The van der Waals surface area contributed by atoms with Crippen molar-refractivity contribution in [1.29, 1.82) is 0 Å². The van der Waals surface area contributed by atoms with Crippen molar-refractivity contribution in [2.75, 3.05) is 11.5 Å². The molecule has 0 aliphatic carbocycles. The number of rotatable bonds is 6. The quantitative estimate of drug-likeness (QED) is 0.275. The summed E-state index contributed by atoms with van der Waals surface area (Å²) < 4.78 is 5.71. The Morgan fingerprint density at radius 2 is 1.66 bits per heavy atom. The first-order valence-electron chi connectivity index (χ1n) is 11.6. The third-order valence-corrected chi connectivity index (χ3v) is 5.90. The highest BCUT2D eigenvalue weighted by Crippen LogP contribution is 2.45. The number of aromatic hydroxyl groups is 1. The van der Waals surface area contributed by atoms with Gasteiger partial charge in [0, 0.05) is 5.56 Å². The number of carbonyl (C=O) groups is 2. The van der Waals surface area contributed by atoms with Crippen LogP contribution in [0.25, 0.3) is 5.76 Å². The van der Waals surface area contributed by atoms with E-state index in [9.17, 15) is 19.8 Å². The van der Waals surface area contributed by atoms with Crippen LogP contribution in [-0.2, 0) is 9.59 Å². The lowest BCUT2D eigenvalue weighted by atomic mass is 9.94. The zero-order valence-corrected chi connectivity index (χ0v) is 20.3. The molecule has 3 aromatic rings. The molecule has 0 spiro atoms. The number of phenols is 1. The van der Waals surface area contributed by atoms with Gasteiger partial charge in [-0.1, -0.05) is 49.7 Å². The Balaban J connectivity index is 1.86. The molecule has 35 heavy (non-hydrogen) atoms. The van der Waals surface area contributed by atoms with Crippen LogP contribution >= 0.6 is 0 Å². The summed E-state index contributed by atoms with van der Waals surface area (Å²) in [4.78, 5) is 27.9. The van der Waals surface area contributed by atoms with Gasteiger partial charge in [0.1, 0.15) is 17.3 Å². The van der Waals surface area contributed by atoms with Crippen LogP contribution in [0.2, 0.25) is 0 Å². The Bertz CT molecular complexity index is 1310. The Morgan fingerprint density at radius 1 is 0.971 bits per heavy atom. The van der Waals surface area contributed by atoms with Crippen LogP contribution in [-0.4, -0.2) is 28.5 Å². The molecule has 6 nitrogen and oxygen atoms in total. The number of hydrogen-bond acceptors (Lipinski definition) is 5. The van der Waals surface area contributed by atoms with E-state index in [4.69, 9.17) is 4.74 Å². The number of benzene rings is 3. The van der Waals surface area contributed by atoms with Crippen molar-refractivity contribution in [2.24, 2.45) is 5.92 Å². The average Bonchev–Trinajstić information content (AvgIpc) is 3.09. The van der Waals surface area contributed by atoms with Gasteiger partial charge in [0.25, 0.3) is 11.7 Å². The molecule has 0 radical (unpaired) electrons. The molecule has 4 rings (SSSR count). The van der Waals surface area contributed by atoms with Gasteiger partial charge >= 0.3 is 0 Å². The Hall–Kier alpha value is -4.06. The number of carbonyl (C=O) groups excluding carboxylic acids is 2. The third-order valence-electron chi connectivity index (χ3n) is 5.90. The molecule has 0 aromatic heterocycles. The summed E-state index contributed by atoms with van der Waals surface area (Å²) in [5, 5.41) is 21.9. The lowest BCUT2D eigenvalue weighted by Crippen LogP contribution is -2.29. The maximum atomic E-state index is 13.3. The van der Waals surface area contributed by atoms with Gasteiger partial charge in [0.15, 0.2) is 0 Å². The van der Waals surface area contributed by atoms with Crippen molar-refractivity contribution in [3.05, 3.63) is 94.6 Å². The van der Waals surface area contributed by atoms with Gasteiger partial charge in [-0.05, 0) is 67.3 Å². The lowest BCUT2D eigenvalue weighted by molar-refractivity contribution is -0.132. The second-order valence-electron chi connectivity index (χ2n) is 9.30. The minimum atomic E-state index is -0.903. The molecule has 1 fully saturated rings. The Morgan fingerprint density at radius 3 is 2.31 bits per heavy atom. The predicted octanol–water partition coefficient (Wildman–Crippen LogP) is 5.67. The van der Waals surface area contributed by atoms with Crippen LogP contribution < -0.4 is 9.64 Å². The van der Waals surface area contributed by atoms with Crippen molar-refractivity contribution in [3.8, 4) is 11.5 Å². The van der Waals surface area contributed by atoms with E-state index in [1.54, 1.807) is 42.5 Å². The van der Waals surface area contributed by atoms with E-state index in [1.165, 1.54) is 11.0 Å². The van der Waals surface area contributed by atoms with E-state index in [2.05, 4.69) is 13.8 Å². The highest BCUT2D eigenvalue weighted by Gasteiger charge is 2.47. The molecule has 180 valence electrons. The highest BCUT2D eigenvalue weighted by molar-refractivity contribution is 6.51. The maximum Gasteiger partial charge on any atom is 0.300 e. The Kier molecular flexibility index (Phi) is 6.65. The van der Waals surface area contributed by atoms with E-state index in [0.29, 0.717) is 29.4 Å². The molecule has 6 heteroatoms. The first kappa shape index (κ1) is 24.1. The van der Waals surface area contributed by atoms with Gasteiger partial charge < -0.3 is 14.9 Å². The average molecular weight is 472 g/mol. The van der Waals surface area contributed by atoms with Gasteiger partial charge in [0.2, 0.25) is 0 Å². The molecule has 3 aromatic carbocycles. The zero-order chi connectivity index (χ0) is 25.3. The second kappa shape index (κ2) is 9.66.